The number of aromatic nitrogens is 1. The zero-order chi connectivity index (χ0) is 29.5. The zero-order valence-corrected chi connectivity index (χ0v) is 24.2. The Balaban J connectivity index is 1.35. The lowest BCUT2D eigenvalue weighted by molar-refractivity contribution is -0.122. The number of nitrogens with one attached hydrogen (secondary N) is 2. The molecule has 3 amide bonds. The number of carbonyl (C=O) groups is 3. The number of amides is 3. The van der Waals surface area contributed by atoms with Gasteiger partial charge in [0.2, 0.25) is 11.8 Å². The molecule has 214 valence electrons. The lowest BCUT2D eigenvalue weighted by Crippen LogP contribution is -2.32. The smallest absolute Gasteiger partial charge is 0.305 e. The number of H-pyrrole nitrogens is 1. The van der Waals surface area contributed by atoms with E-state index in [1.165, 1.54) is 24.1 Å². The number of imide groups is 1. The molecule has 3 N–H and O–H groups in total. The maximum Gasteiger partial charge on any atom is 0.305 e. The molecule has 6 rings (SSSR count). The van der Waals surface area contributed by atoms with Crippen LogP contribution in [0, 0.1) is 5.92 Å². The molecule has 2 aliphatic heterocycles. The van der Waals surface area contributed by atoms with Gasteiger partial charge in [-0.1, -0.05) is 34.7 Å². The molecule has 42 heavy (non-hydrogen) atoms. The molecule has 0 saturated carbocycles. The maximum atomic E-state index is 14.0. The molecule has 3 atom stereocenters. The second kappa shape index (κ2) is 11.2. The minimum Gasteiger partial charge on any atom is -0.508 e. The number of nitrogens with zero attached hydrogens (tertiary/aromatic N) is 1. The molecule has 0 spiro atoms. The molecule has 3 aromatic carbocycles. The van der Waals surface area contributed by atoms with E-state index in [0.29, 0.717) is 37.6 Å². The number of anilines is 2. The van der Waals surface area contributed by atoms with E-state index in [0.717, 1.165) is 23.1 Å². The van der Waals surface area contributed by atoms with Gasteiger partial charge in [0.15, 0.2) is 6.61 Å². The number of benzene rings is 3. The Kier molecular flexibility index (Phi) is 7.43. The van der Waals surface area contributed by atoms with Crippen molar-refractivity contribution in [1.29, 1.82) is 0 Å². The Morgan fingerprint density at radius 1 is 1.05 bits per heavy atom. The number of thiazole rings is 1. The predicted octanol–water partition coefficient (Wildman–Crippen LogP) is 4.62. The van der Waals surface area contributed by atoms with Crippen LogP contribution in [0.4, 0.5) is 11.4 Å². The SMILES string of the molecule is COc1ccc(N2C(=O)C3Sc4[nH]c(=O)sc4[C@H](c4cc(Cl)ccc4OCC(=O)Nc4ccc(O)cc4)C3C2=O)cc1. The fourth-order valence-corrected chi connectivity index (χ4v) is 7.80. The van der Waals surface area contributed by atoms with Gasteiger partial charge in [0.25, 0.3) is 5.91 Å². The van der Waals surface area contributed by atoms with E-state index >= 15 is 0 Å². The van der Waals surface area contributed by atoms with Gasteiger partial charge in [-0.05, 0) is 66.7 Å². The van der Waals surface area contributed by atoms with Gasteiger partial charge < -0.3 is 24.9 Å². The number of aromatic amines is 1. The van der Waals surface area contributed by atoms with Crippen molar-refractivity contribution in [2.75, 3.05) is 23.9 Å². The summed E-state index contributed by atoms with van der Waals surface area (Å²) in [5.41, 5.74) is 1.36. The first-order chi connectivity index (χ1) is 20.2. The number of rotatable bonds is 7. The number of hydrogen-bond donors (Lipinski definition) is 3. The monoisotopic (exact) mass is 623 g/mol. The van der Waals surface area contributed by atoms with Crippen molar-refractivity contribution in [1.82, 2.24) is 4.98 Å². The number of fused-ring (bicyclic) bond motifs is 2. The molecule has 2 aliphatic rings. The summed E-state index contributed by atoms with van der Waals surface area (Å²) in [6.07, 6.45) is 0. The molecule has 1 saturated heterocycles. The van der Waals surface area contributed by atoms with Crippen LogP contribution in [-0.2, 0) is 14.4 Å². The minimum atomic E-state index is -0.866. The van der Waals surface area contributed by atoms with Crippen molar-refractivity contribution in [3.63, 3.8) is 0 Å². The van der Waals surface area contributed by atoms with E-state index in [2.05, 4.69) is 10.3 Å². The van der Waals surface area contributed by atoms with Crippen LogP contribution in [0.5, 0.6) is 17.2 Å². The third-order valence-electron chi connectivity index (χ3n) is 6.97. The number of halogens is 1. The molecule has 1 fully saturated rings. The minimum absolute atomic E-state index is 0.0657. The Morgan fingerprint density at radius 3 is 2.50 bits per heavy atom. The van der Waals surface area contributed by atoms with Crippen LogP contribution < -0.4 is 24.6 Å². The normalized spacial score (nSPS) is 19.3. The maximum absolute atomic E-state index is 14.0. The molecular weight excluding hydrogens is 602 g/mol. The van der Waals surface area contributed by atoms with E-state index in [-0.39, 0.29) is 23.0 Å². The summed E-state index contributed by atoms with van der Waals surface area (Å²) in [4.78, 5) is 57.1. The molecule has 0 bridgehead atoms. The van der Waals surface area contributed by atoms with Gasteiger partial charge in [-0.2, -0.15) is 0 Å². The fraction of sp³-hybridized carbons (Fsp3) is 0.172. The third kappa shape index (κ3) is 5.13. The number of aromatic hydroxyl groups is 1. The van der Waals surface area contributed by atoms with Crippen LogP contribution >= 0.6 is 34.7 Å². The Labute approximate surface area is 252 Å². The van der Waals surface area contributed by atoms with Crippen LogP contribution in [0.3, 0.4) is 0 Å². The lowest BCUT2D eigenvalue weighted by atomic mass is 9.82. The third-order valence-corrected chi connectivity index (χ3v) is 9.61. The standard InChI is InChI=1S/C29H22ClN3O7S2/c1-39-18-9-5-16(6-10-18)33-27(36)23-22(24-26(32-29(38)42-24)41-25(23)28(33)37)19-12-14(30)2-11-20(19)40-13-21(35)31-15-3-7-17(34)8-4-15/h2-12,22-23,25,34H,13H2,1H3,(H,31,35)(H,32,38)/t22-,23?,25?/m1/s1. The highest BCUT2D eigenvalue weighted by Crippen LogP contribution is 2.54. The summed E-state index contributed by atoms with van der Waals surface area (Å²) in [6, 6.07) is 17.4. The molecule has 4 aromatic rings. The van der Waals surface area contributed by atoms with Crippen molar-refractivity contribution < 1.29 is 29.0 Å². The van der Waals surface area contributed by atoms with Gasteiger partial charge in [-0.25, -0.2) is 4.90 Å². The second-order valence-electron chi connectivity index (χ2n) is 9.53. The summed E-state index contributed by atoms with van der Waals surface area (Å²) in [5.74, 6) is -1.96. The number of ether oxygens (including phenoxy) is 2. The molecule has 0 radical (unpaired) electrons. The number of methoxy groups -OCH3 is 1. The van der Waals surface area contributed by atoms with Crippen LogP contribution in [-0.4, -0.2) is 46.8 Å². The Bertz CT molecular complexity index is 1750. The first kappa shape index (κ1) is 27.9. The molecule has 3 heterocycles. The van der Waals surface area contributed by atoms with Crippen molar-refractivity contribution in [2.45, 2.75) is 16.2 Å². The van der Waals surface area contributed by atoms with Crippen molar-refractivity contribution in [2.24, 2.45) is 5.92 Å². The highest BCUT2D eigenvalue weighted by atomic mass is 35.5. The summed E-state index contributed by atoms with van der Waals surface area (Å²) in [7, 11) is 1.53. The largest absolute Gasteiger partial charge is 0.508 e. The Morgan fingerprint density at radius 2 is 1.79 bits per heavy atom. The second-order valence-corrected chi connectivity index (χ2v) is 12.1. The highest BCUT2D eigenvalue weighted by molar-refractivity contribution is 8.00. The van der Waals surface area contributed by atoms with Crippen molar-refractivity contribution in [3.8, 4) is 17.2 Å². The first-order valence-corrected chi connectivity index (χ1v) is 14.7. The van der Waals surface area contributed by atoms with Gasteiger partial charge in [-0.15, -0.1) is 0 Å². The van der Waals surface area contributed by atoms with Gasteiger partial charge >= 0.3 is 4.87 Å². The highest BCUT2D eigenvalue weighted by Gasteiger charge is 2.56. The van der Waals surface area contributed by atoms with Gasteiger partial charge in [-0.3, -0.25) is 19.2 Å². The topological polar surface area (TPSA) is 138 Å². The van der Waals surface area contributed by atoms with E-state index in [9.17, 15) is 24.3 Å². The summed E-state index contributed by atoms with van der Waals surface area (Å²) in [5, 5.41) is 12.2. The van der Waals surface area contributed by atoms with E-state index in [1.807, 2.05) is 0 Å². The van der Waals surface area contributed by atoms with Crippen molar-refractivity contribution >= 4 is 63.8 Å². The Hall–Kier alpha value is -4.26. The van der Waals surface area contributed by atoms with Crippen molar-refractivity contribution in [3.05, 3.63) is 91.9 Å². The summed E-state index contributed by atoms with van der Waals surface area (Å²) in [6.45, 7) is -0.369. The van der Waals surface area contributed by atoms with Crippen LogP contribution in [0.2, 0.25) is 5.02 Å². The first-order valence-electron chi connectivity index (χ1n) is 12.7. The van der Waals surface area contributed by atoms with Gasteiger partial charge in [0, 0.05) is 27.1 Å². The number of phenols is 1. The molecule has 10 nitrogen and oxygen atoms in total. The summed E-state index contributed by atoms with van der Waals surface area (Å²) < 4.78 is 11.1. The summed E-state index contributed by atoms with van der Waals surface area (Å²) >= 11 is 8.53. The van der Waals surface area contributed by atoms with Crippen LogP contribution in [0.15, 0.2) is 76.6 Å². The molecule has 0 aliphatic carbocycles. The molecule has 13 heteroatoms. The van der Waals surface area contributed by atoms with Crippen LogP contribution in [0.1, 0.15) is 16.4 Å². The predicted molar refractivity (Wildman–Crippen MR) is 159 cm³/mol. The quantitative estimate of drug-likeness (QED) is 0.200. The fourth-order valence-electron chi connectivity index (χ4n) is 5.12. The number of carbonyl (C=O) groups excluding carboxylic acids is 3. The molecular formula is C29H22ClN3O7S2. The number of phenolic OH excluding ortho intramolecular Hbond substituents is 1. The van der Waals surface area contributed by atoms with E-state index < -0.39 is 34.8 Å². The van der Waals surface area contributed by atoms with E-state index in [4.69, 9.17) is 21.1 Å². The molecule has 2 unspecified atom stereocenters. The average Bonchev–Trinajstić information content (AvgIpc) is 3.47. The zero-order valence-electron chi connectivity index (χ0n) is 21.8. The van der Waals surface area contributed by atoms with Gasteiger partial charge in [0.05, 0.1) is 23.7 Å². The molecule has 1 aromatic heterocycles. The number of thioether (sulfide) groups is 1. The lowest BCUT2D eigenvalue weighted by Gasteiger charge is -2.31. The van der Waals surface area contributed by atoms with Gasteiger partial charge in [0.1, 0.15) is 22.5 Å². The number of hydrogen-bond acceptors (Lipinski definition) is 9. The average molecular weight is 624 g/mol. The van der Waals surface area contributed by atoms with Crippen LogP contribution in [0.25, 0.3) is 0 Å². The van der Waals surface area contributed by atoms with E-state index in [1.54, 1.807) is 54.6 Å².